The fourth-order valence-electron chi connectivity index (χ4n) is 0.382. The summed E-state index contributed by atoms with van der Waals surface area (Å²) in [6, 6.07) is 0. The van der Waals surface area contributed by atoms with Gasteiger partial charge in [-0.25, -0.2) is 0 Å². The fraction of sp³-hybridized carbons (Fsp3) is 0. The summed E-state index contributed by atoms with van der Waals surface area (Å²) < 4.78 is 0. The molecule has 0 bridgehead atoms. The zero-order valence-corrected chi connectivity index (χ0v) is 6.15. The highest BCUT2D eigenvalue weighted by Crippen LogP contribution is 2.18. The molecule has 1 aliphatic heterocycles. The third kappa shape index (κ3) is 2.21. The van der Waals surface area contributed by atoms with Crippen LogP contribution in [0.4, 0.5) is 0 Å². The zero-order chi connectivity index (χ0) is 5.66. The lowest BCUT2D eigenvalue weighted by atomic mass is 10.5. The second kappa shape index (κ2) is 3.78. The van der Waals surface area contributed by atoms with Gasteiger partial charge in [0.25, 0.3) is 0 Å². The summed E-state index contributed by atoms with van der Waals surface area (Å²) in [6.07, 6.45) is 8.21. The number of hydrogen-bond donors (Lipinski definition) is 0. The Bertz CT molecular complexity index is 107. The van der Waals surface area contributed by atoms with Gasteiger partial charge < -0.3 is 0 Å². The van der Waals surface area contributed by atoms with Gasteiger partial charge in [0, 0.05) is 0 Å². The van der Waals surface area contributed by atoms with Gasteiger partial charge in [-0.1, -0.05) is 24.3 Å². The molecule has 0 fully saturated rings. The third-order valence-corrected chi connectivity index (χ3v) is 2.65. The average Bonchev–Trinajstić information content (AvgIpc) is 1.62. The maximum absolute atomic E-state index is 2.14. The highest BCUT2D eigenvalue weighted by atomic mass is 31.7. The molecule has 0 unspecified atom stereocenters. The van der Waals surface area contributed by atoms with E-state index in [0.29, 0.717) is 0 Å². The Kier molecular flexibility index (Phi) is 2.81. The van der Waals surface area contributed by atoms with Gasteiger partial charge in [0.05, 0.1) is 0 Å². The summed E-state index contributed by atoms with van der Waals surface area (Å²) in [5.74, 6) is 4.28. The second-order valence-electron chi connectivity index (χ2n) is 1.30. The van der Waals surface area contributed by atoms with Crippen LogP contribution in [0.5, 0.6) is 0 Å². The van der Waals surface area contributed by atoms with E-state index in [0.717, 1.165) is 0 Å². The molecule has 0 aromatic carbocycles. The first-order valence-corrected chi connectivity index (χ1v) is 5.02. The minimum absolute atomic E-state index is 1.36. The molecular formula is C6H6P2. The van der Waals surface area contributed by atoms with Crippen LogP contribution in [0.3, 0.4) is 0 Å². The first-order chi connectivity index (χ1) is 4.00. The average molecular weight is 140 g/mol. The molecule has 1 rings (SSSR count). The van der Waals surface area contributed by atoms with Crippen molar-refractivity contribution in [2.75, 3.05) is 0 Å². The van der Waals surface area contributed by atoms with Crippen LogP contribution in [0.2, 0.25) is 0 Å². The molecule has 0 radical (unpaired) electrons. The smallest absolute Gasteiger partial charge is 0.0301 e. The Morgan fingerprint density at radius 3 is 1.62 bits per heavy atom. The molecule has 0 spiro atoms. The maximum atomic E-state index is 2.14. The van der Waals surface area contributed by atoms with Gasteiger partial charge in [0.1, 0.15) is 0 Å². The van der Waals surface area contributed by atoms with E-state index in [-0.39, 0.29) is 0 Å². The molecule has 0 saturated carbocycles. The van der Waals surface area contributed by atoms with Gasteiger partial charge in [-0.15, -0.1) is 0 Å². The Morgan fingerprint density at radius 1 is 0.625 bits per heavy atom. The number of rotatable bonds is 0. The largest absolute Gasteiger partial charge is 0.0619 e. The Balaban J connectivity index is 2.67. The van der Waals surface area contributed by atoms with Crippen LogP contribution in [0, 0.1) is 0 Å². The molecule has 40 valence electrons. The van der Waals surface area contributed by atoms with Crippen LogP contribution >= 0.6 is 15.7 Å². The van der Waals surface area contributed by atoms with Crippen LogP contribution in [0.25, 0.3) is 0 Å². The van der Waals surface area contributed by atoms with E-state index in [4.69, 9.17) is 0 Å². The summed E-state index contributed by atoms with van der Waals surface area (Å²) in [4.78, 5) is 0. The predicted octanol–water partition coefficient (Wildman–Crippen LogP) is 3.39. The van der Waals surface area contributed by atoms with Crippen molar-refractivity contribution in [3.63, 3.8) is 0 Å². The Labute approximate surface area is 52.4 Å². The van der Waals surface area contributed by atoms with Crippen LogP contribution in [-0.4, -0.2) is 0 Å². The van der Waals surface area contributed by atoms with Gasteiger partial charge in [-0.2, -0.15) is 0 Å². The normalized spacial score (nSPS) is 32.0. The molecule has 8 heavy (non-hydrogen) atoms. The van der Waals surface area contributed by atoms with E-state index >= 15 is 0 Å². The molecule has 0 saturated heterocycles. The van der Waals surface area contributed by atoms with Gasteiger partial charge in [-0.05, 0) is 27.4 Å². The van der Waals surface area contributed by atoms with Gasteiger partial charge in [-0.3, -0.25) is 0 Å². The number of allylic oxidation sites excluding steroid dienone is 4. The molecule has 0 atom stereocenters. The quantitative estimate of drug-likeness (QED) is 0.452. The second-order valence-corrected chi connectivity index (χ2v) is 3.74. The standard InChI is InChI=1S/C6H6P2/c1-2-4-6-8-7-5-3-1/h1-6H/b2-1-,3-1?,4-2?,5-3-,6-4-. The molecule has 0 amide bonds. The molecule has 2 heteroatoms. The van der Waals surface area contributed by atoms with Crippen molar-refractivity contribution in [1.29, 1.82) is 0 Å². The third-order valence-electron chi connectivity index (χ3n) is 0.705. The van der Waals surface area contributed by atoms with Crippen molar-refractivity contribution in [3.05, 3.63) is 35.9 Å². The van der Waals surface area contributed by atoms with E-state index < -0.39 is 0 Å². The van der Waals surface area contributed by atoms with Crippen molar-refractivity contribution in [2.24, 2.45) is 0 Å². The lowest BCUT2D eigenvalue weighted by Crippen LogP contribution is -1.46. The molecule has 1 aliphatic rings. The SMILES string of the molecule is C1=C\C=C/P=P\C=C/1. The van der Waals surface area contributed by atoms with Crippen molar-refractivity contribution in [1.82, 2.24) is 0 Å². The fourth-order valence-corrected chi connectivity index (χ4v) is 1.81. The van der Waals surface area contributed by atoms with Crippen LogP contribution < -0.4 is 0 Å². The van der Waals surface area contributed by atoms with Gasteiger partial charge in [0.2, 0.25) is 0 Å². The van der Waals surface area contributed by atoms with Crippen molar-refractivity contribution in [3.8, 4) is 0 Å². The summed E-state index contributed by atoms with van der Waals surface area (Å²) in [7, 11) is 2.73. The summed E-state index contributed by atoms with van der Waals surface area (Å²) in [6.45, 7) is 0. The van der Waals surface area contributed by atoms with Crippen LogP contribution in [0.1, 0.15) is 0 Å². The van der Waals surface area contributed by atoms with Crippen molar-refractivity contribution in [2.45, 2.75) is 0 Å². The monoisotopic (exact) mass is 140 g/mol. The Morgan fingerprint density at radius 2 is 1.12 bits per heavy atom. The van der Waals surface area contributed by atoms with Crippen LogP contribution in [0.15, 0.2) is 35.9 Å². The van der Waals surface area contributed by atoms with E-state index in [1.54, 1.807) is 0 Å². The van der Waals surface area contributed by atoms with E-state index in [1.807, 2.05) is 12.2 Å². The molecule has 0 aliphatic carbocycles. The molecule has 0 nitrogen and oxygen atoms in total. The van der Waals surface area contributed by atoms with Crippen molar-refractivity contribution >= 4 is 15.7 Å². The van der Waals surface area contributed by atoms with E-state index in [2.05, 4.69) is 23.8 Å². The summed E-state index contributed by atoms with van der Waals surface area (Å²) >= 11 is 0. The van der Waals surface area contributed by atoms with Crippen molar-refractivity contribution < 1.29 is 0 Å². The predicted molar refractivity (Wildman–Crippen MR) is 41.3 cm³/mol. The first kappa shape index (κ1) is 5.95. The molecule has 0 aromatic heterocycles. The summed E-state index contributed by atoms with van der Waals surface area (Å²) in [5.41, 5.74) is 0. The lowest BCUT2D eigenvalue weighted by Gasteiger charge is -1.75. The van der Waals surface area contributed by atoms with Gasteiger partial charge >= 0.3 is 0 Å². The minimum atomic E-state index is 1.36. The molecular weight excluding hydrogens is 134 g/mol. The van der Waals surface area contributed by atoms with Crippen LogP contribution in [-0.2, 0) is 0 Å². The van der Waals surface area contributed by atoms with E-state index in [1.165, 1.54) is 15.7 Å². The maximum Gasteiger partial charge on any atom is -0.0301 e. The lowest BCUT2D eigenvalue weighted by molar-refractivity contribution is 1.96. The van der Waals surface area contributed by atoms with Gasteiger partial charge in [0.15, 0.2) is 0 Å². The molecule has 0 aromatic rings. The zero-order valence-electron chi connectivity index (χ0n) is 4.36. The topological polar surface area (TPSA) is 0 Å². The Hall–Kier alpha value is -0.180. The minimum Gasteiger partial charge on any atom is -0.0619 e. The highest BCUT2D eigenvalue weighted by molar-refractivity contribution is 7.86. The molecule has 1 heterocycles. The number of hydrogen-bond acceptors (Lipinski definition) is 0. The molecule has 0 N–H and O–H groups in total. The first-order valence-electron chi connectivity index (χ1n) is 2.38. The van der Waals surface area contributed by atoms with E-state index in [9.17, 15) is 0 Å². The summed E-state index contributed by atoms with van der Waals surface area (Å²) in [5, 5.41) is 0. The highest BCUT2D eigenvalue weighted by Gasteiger charge is 1.66.